The van der Waals surface area contributed by atoms with Crippen molar-refractivity contribution >= 4 is 11.3 Å². The maximum atomic E-state index is 13.6. The Morgan fingerprint density at radius 3 is 2.86 bits per heavy atom. The van der Waals surface area contributed by atoms with Crippen molar-refractivity contribution in [3.05, 3.63) is 45.7 Å². The molecule has 0 saturated heterocycles. The van der Waals surface area contributed by atoms with Gasteiger partial charge < -0.3 is 10.1 Å². The van der Waals surface area contributed by atoms with Gasteiger partial charge in [0.1, 0.15) is 0 Å². The molecule has 0 saturated carbocycles. The lowest BCUT2D eigenvalue weighted by Crippen LogP contribution is -2.24. The van der Waals surface area contributed by atoms with Gasteiger partial charge in [-0.05, 0) is 37.6 Å². The first-order valence-corrected chi connectivity index (χ1v) is 7.99. The number of aromatic nitrogens is 1. The molecule has 1 aromatic carbocycles. The van der Waals surface area contributed by atoms with Crippen molar-refractivity contribution < 1.29 is 9.13 Å². The van der Waals surface area contributed by atoms with Crippen molar-refractivity contribution in [3.8, 4) is 5.75 Å². The average molecular weight is 308 g/mol. The van der Waals surface area contributed by atoms with Gasteiger partial charge in [0.05, 0.1) is 17.8 Å². The number of rotatable bonds is 7. The highest BCUT2D eigenvalue weighted by Crippen LogP contribution is 2.25. The number of methoxy groups -OCH3 is 1. The van der Waals surface area contributed by atoms with Crippen molar-refractivity contribution in [2.24, 2.45) is 0 Å². The van der Waals surface area contributed by atoms with Crippen LogP contribution in [0, 0.1) is 12.7 Å². The summed E-state index contributed by atoms with van der Waals surface area (Å²) in [6.07, 6.45) is 1.84. The number of ether oxygens (including phenoxy) is 1. The van der Waals surface area contributed by atoms with E-state index in [1.54, 1.807) is 17.4 Å². The second-order valence-electron chi connectivity index (χ2n) is 4.96. The van der Waals surface area contributed by atoms with Crippen molar-refractivity contribution in [2.45, 2.75) is 32.7 Å². The molecule has 1 aromatic heterocycles. The number of thiazole rings is 1. The van der Waals surface area contributed by atoms with E-state index >= 15 is 0 Å². The summed E-state index contributed by atoms with van der Waals surface area (Å²) in [5, 5.41) is 6.65. The largest absolute Gasteiger partial charge is 0.494 e. The van der Waals surface area contributed by atoms with Crippen LogP contribution in [-0.2, 0) is 6.42 Å². The van der Waals surface area contributed by atoms with Gasteiger partial charge in [-0.3, -0.25) is 0 Å². The van der Waals surface area contributed by atoms with Crippen LogP contribution in [0.15, 0.2) is 23.6 Å². The van der Waals surface area contributed by atoms with Crippen LogP contribution >= 0.6 is 11.3 Å². The molecule has 2 aromatic rings. The van der Waals surface area contributed by atoms with Gasteiger partial charge in [0.15, 0.2) is 11.6 Å². The number of benzene rings is 1. The number of halogens is 1. The maximum absolute atomic E-state index is 13.6. The average Bonchev–Trinajstić information content (AvgIpc) is 2.89. The smallest absolute Gasteiger partial charge is 0.165 e. The SMILES string of the molecule is CCCNC(Cc1csc(C)n1)c1ccc(F)c(OC)c1. The van der Waals surface area contributed by atoms with Gasteiger partial charge in [-0.15, -0.1) is 11.3 Å². The Balaban J connectivity index is 2.22. The summed E-state index contributed by atoms with van der Waals surface area (Å²) in [7, 11) is 1.49. The van der Waals surface area contributed by atoms with Crippen molar-refractivity contribution in [3.63, 3.8) is 0 Å². The van der Waals surface area contributed by atoms with E-state index in [1.165, 1.54) is 13.2 Å². The molecule has 0 spiro atoms. The van der Waals surface area contributed by atoms with E-state index in [0.717, 1.165) is 35.7 Å². The Labute approximate surface area is 129 Å². The minimum Gasteiger partial charge on any atom is -0.494 e. The molecule has 3 nitrogen and oxygen atoms in total. The predicted molar refractivity (Wildman–Crippen MR) is 84.5 cm³/mol. The zero-order chi connectivity index (χ0) is 15.2. The van der Waals surface area contributed by atoms with E-state index in [4.69, 9.17) is 4.74 Å². The van der Waals surface area contributed by atoms with Gasteiger partial charge in [-0.25, -0.2) is 9.37 Å². The van der Waals surface area contributed by atoms with Crippen LogP contribution in [0.25, 0.3) is 0 Å². The summed E-state index contributed by atoms with van der Waals surface area (Å²) in [5.41, 5.74) is 2.08. The molecule has 0 aliphatic heterocycles. The highest BCUT2D eigenvalue weighted by Gasteiger charge is 2.15. The second kappa shape index (κ2) is 7.52. The van der Waals surface area contributed by atoms with E-state index in [1.807, 2.05) is 13.0 Å². The highest BCUT2D eigenvalue weighted by atomic mass is 32.1. The molecule has 5 heteroatoms. The summed E-state index contributed by atoms with van der Waals surface area (Å²) >= 11 is 1.65. The molecular weight excluding hydrogens is 287 g/mol. The Hall–Kier alpha value is -1.46. The lowest BCUT2D eigenvalue weighted by molar-refractivity contribution is 0.384. The van der Waals surface area contributed by atoms with E-state index in [-0.39, 0.29) is 17.6 Å². The number of hydrogen-bond donors (Lipinski definition) is 1. The minimum atomic E-state index is -0.333. The fourth-order valence-corrected chi connectivity index (χ4v) is 2.86. The molecule has 2 rings (SSSR count). The van der Waals surface area contributed by atoms with Gasteiger partial charge in [0.2, 0.25) is 0 Å². The van der Waals surface area contributed by atoms with Crippen molar-refractivity contribution in [1.29, 1.82) is 0 Å². The molecule has 21 heavy (non-hydrogen) atoms. The molecule has 1 unspecified atom stereocenters. The lowest BCUT2D eigenvalue weighted by atomic mass is 10.0. The Morgan fingerprint density at radius 1 is 1.43 bits per heavy atom. The van der Waals surface area contributed by atoms with E-state index in [0.29, 0.717) is 0 Å². The predicted octanol–water partition coefficient (Wildman–Crippen LogP) is 3.88. The molecule has 0 bridgehead atoms. The molecule has 1 atom stereocenters. The standard InChI is InChI=1S/C16H21FN2OS/c1-4-7-18-15(9-13-10-21-11(2)19-13)12-5-6-14(17)16(8-12)20-3/h5-6,8,10,15,18H,4,7,9H2,1-3H3. The van der Waals surface area contributed by atoms with Gasteiger partial charge in [0, 0.05) is 17.8 Å². The number of hydrogen-bond acceptors (Lipinski definition) is 4. The molecule has 0 aliphatic carbocycles. The van der Waals surface area contributed by atoms with Gasteiger partial charge in [-0.2, -0.15) is 0 Å². The normalized spacial score (nSPS) is 12.4. The first kappa shape index (κ1) is 15.9. The van der Waals surface area contributed by atoms with Crippen LogP contribution in [0.1, 0.15) is 35.7 Å². The van der Waals surface area contributed by atoms with Crippen LogP contribution in [-0.4, -0.2) is 18.6 Å². The van der Waals surface area contributed by atoms with Crippen LogP contribution in [0.4, 0.5) is 4.39 Å². The molecule has 0 fully saturated rings. The molecule has 0 aliphatic rings. The van der Waals surface area contributed by atoms with E-state index in [9.17, 15) is 4.39 Å². The zero-order valence-electron chi connectivity index (χ0n) is 12.6. The Kier molecular flexibility index (Phi) is 5.70. The van der Waals surface area contributed by atoms with Gasteiger partial charge >= 0.3 is 0 Å². The Bertz CT molecular complexity index is 585. The highest BCUT2D eigenvalue weighted by molar-refractivity contribution is 7.09. The third-order valence-corrected chi connectivity index (χ3v) is 4.12. The zero-order valence-corrected chi connectivity index (χ0v) is 13.5. The third kappa shape index (κ3) is 4.25. The summed E-state index contributed by atoms with van der Waals surface area (Å²) in [6.45, 7) is 5.04. The van der Waals surface area contributed by atoms with Crippen molar-refractivity contribution in [2.75, 3.05) is 13.7 Å². The van der Waals surface area contributed by atoms with Gasteiger partial charge in [-0.1, -0.05) is 13.0 Å². The van der Waals surface area contributed by atoms with Crippen LogP contribution in [0.2, 0.25) is 0 Å². The van der Waals surface area contributed by atoms with Gasteiger partial charge in [0.25, 0.3) is 0 Å². The molecule has 1 N–H and O–H groups in total. The Morgan fingerprint density at radius 2 is 2.24 bits per heavy atom. The first-order valence-electron chi connectivity index (χ1n) is 7.11. The maximum Gasteiger partial charge on any atom is 0.165 e. The number of nitrogens with one attached hydrogen (secondary N) is 1. The fraction of sp³-hybridized carbons (Fsp3) is 0.438. The molecule has 0 amide bonds. The van der Waals surface area contributed by atoms with Crippen LogP contribution in [0.3, 0.4) is 0 Å². The van der Waals surface area contributed by atoms with Crippen LogP contribution in [0.5, 0.6) is 5.75 Å². The van der Waals surface area contributed by atoms with Crippen molar-refractivity contribution in [1.82, 2.24) is 10.3 Å². The topological polar surface area (TPSA) is 34.2 Å². The summed E-state index contributed by atoms with van der Waals surface area (Å²) in [6, 6.07) is 5.15. The van der Waals surface area contributed by atoms with E-state index in [2.05, 4.69) is 22.6 Å². The third-order valence-electron chi connectivity index (χ3n) is 3.30. The number of aryl methyl sites for hydroxylation is 1. The molecule has 0 radical (unpaired) electrons. The number of nitrogens with zero attached hydrogens (tertiary/aromatic N) is 1. The quantitative estimate of drug-likeness (QED) is 0.843. The first-order chi connectivity index (χ1) is 10.1. The summed E-state index contributed by atoms with van der Waals surface area (Å²) in [4.78, 5) is 4.52. The summed E-state index contributed by atoms with van der Waals surface area (Å²) in [5.74, 6) is -0.0507. The van der Waals surface area contributed by atoms with E-state index < -0.39 is 0 Å². The molecule has 1 heterocycles. The molecular formula is C16H21FN2OS. The monoisotopic (exact) mass is 308 g/mol. The fourth-order valence-electron chi connectivity index (χ4n) is 2.23. The van der Waals surface area contributed by atoms with Crippen LogP contribution < -0.4 is 10.1 Å². The molecule has 114 valence electrons. The lowest BCUT2D eigenvalue weighted by Gasteiger charge is -2.19. The second-order valence-corrected chi connectivity index (χ2v) is 6.02. The minimum absolute atomic E-state index is 0.112. The summed E-state index contributed by atoms with van der Waals surface area (Å²) < 4.78 is 18.6.